The van der Waals surface area contributed by atoms with Crippen LogP contribution in [-0.4, -0.2) is 25.0 Å². The summed E-state index contributed by atoms with van der Waals surface area (Å²) in [5.74, 6) is 2.26. The Hall–Kier alpha value is -0.380. The van der Waals surface area contributed by atoms with Crippen molar-refractivity contribution < 1.29 is 9.47 Å². The minimum atomic E-state index is -0.281. The molecule has 0 radical (unpaired) electrons. The summed E-state index contributed by atoms with van der Waals surface area (Å²) in [6.45, 7) is 6.58. The quantitative estimate of drug-likeness (QED) is 0.682. The van der Waals surface area contributed by atoms with Crippen LogP contribution in [0.1, 0.15) is 65.2 Å². The van der Waals surface area contributed by atoms with Gasteiger partial charge in [-0.05, 0) is 67.1 Å². The standard InChI is InChI=1S/C21H33NO2/c1-19-9-10-21(23-11-12-24-21)13-14(19)3-4-15-16-5-6-18(22)20(16,2)8-7-17(15)19/h3,15-18H,4-13,22H2,1-2H3. The third-order valence-corrected chi connectivity index (χ3v) is 9.00. The van der Waals surface area contributed by atoms with Crippen LogP contribution < -0.4 is 5.73 Å². The normalized spacial score (nSPS) is 52.5. The van der Waals surface area contributed by atoms with Crippen LogP contribution in [0.3, 0.4) is 0 Å². The van der Waals surface area contributed by atoms with E-state index in [1.54, 1.807) is 5.57 Å². The van der Waals surface area contributed by atoms with Crippen LogP contribution >= 0.6 is 0 Å². The average molecular weight is 332 g/mol. The van der Waals surface area contributed by atoms with E-state index in [4.69, 9.17) is 15.2 Å². The Balaban J connectivity index is 1.46. The van der Waals surface area contributed by atoms with Crippen LogP contribution in [0.4, 0.5) is 0 Å². The van der Waals surface area contributed by atoms with Crippen molar-refractivity contribution in [2.24, 2.45) is 34.3 Å². The lowest BCUT2D eigenvalue weighted by Crippen LogP contribution is -2.53. The molecule has 0 amide bonds. The fraction of sp³-hybridized carbons (Fsp3) is 0.905. The molecule has 134 valence electrons. The topological polar surface area (TPSA) is 44.5 Å². The zero-order valence-corrected chi connectivity index (χ0v) is 15.4. The van der Waals surface area contributed by atoms with E-state index >= 15 is 0 Å². The Kier molecular flexibility index (Phi) is 3.35. The van der Waals surface area contributed by atoms with E-state index in [1.165, 1.54) is 38.5 Å². The van der Waals surface area contributed by atoms with E-state index in [2.05, 4.69) is 19.9 Å². The van der Waals surface area contributed by atoms with Crippen molar-refractivity contribution in [3.8, 4) is 0 Å². The molecule has 2 N–H and O–H groups in total. The lowest BCUT2D eigenvalue weighted by Gasteiger charge is -2.58. The van der Waals surface area contributed by atoms with Crippen molar-refractivity contribution in [3.63, 3.8) is 0 Å². The van der Waals surface area contributed by atoms with Gasteiger partial charge in [0.2, 0.25) is 0 Å². The van der Waals surface area contributed by atoms with Gasteiger partial charge in [0, 0.05) is 18.9 Å². The zero-order valence-electron chi connectivity index (χ0n) is 15.4. The second-order valence-electron chi connectivity index (χ2n) is 9.77. The molecule has 0 bridgehead atoms. The molecule has 6 unspecified atom stereocenters. The fourth-order valence-corrected chi connectivity index (χ4v) is 7.39. The molecule has 4 fully saturated rings. The Morgan fingerprint density at radius 1 is 1.00 bits per heavy atom. The maximum atomic E-state index is 6.54. The first-order chi connectivity index (χ1) is 11.5. The van der Waals surface area contributed by atoms with Gasteiger partial charge >= 0.3 is 0 Å². The van der Waals surface area contributed by atoms with Crippen LogP contribution in [0.15, 0.2) is 11.6 Å². The molecule has 24 heavy (non-hydrogen) atoms. The van der Waals surface area contributed by atoms with E-state index in [0.717, 1.165) is 43.8 Å². The van der Waals surface area contributed by atoms with Crippen molar-refractivity contribution in [3.05, 3.63) is 11.6 Å². The number of fused-ring (bicyclic) bond motifs is 5. The van der Waals surface area contributed by atoms with Crippen LogP contribution in [0, 0.1) is 28.6 Å². The molecule has 5 rings (SSSR count). The molecule has 0 aromatic carbocycles. The highest BCUT2D eigenvalue weighted by Crippen LogP contribution is 2.65. The van der Waals surface area contributed by atoms with Gasteiger partial charge in [0.15, 0.2) is 5.79 Å². The number of allylic oxidation sites excluding steroid dienone is 1. The lowest BCUT2D eigenvalue weighted by molar-refractivity contribution is -0.185. The van der Waals surface area contributed by atoms with Crippen LogP contribution in [-0.2, 0) is 9.47 Å². The molecule has 3 nitrogen and oxygen atoms in total. The highest BCUT2D eigenvalue weighted by Gasteiger charge is 2.59. The molecule has 3 saturated carbocycles. The summed E-state index contributed by atoms with van der Waals surface area (Å²) in [7, 11) is 0. The van der Waals surface area contributed by atoms with E-state index < -0.39 is 0 Å². The Labute approximate surface area is 146 Å². The molecule has 6 atom stereocenters. The van der Waals surface area contributed by atoms with Crippen LogP contribution in [0.25, 0.3) is 0 Å². The van der Waals surface area contributed by atoms with Gasteiger partial charge in [-0.3, -0.25) is 0 Å². The summed E-state index contributed by atoms with van der Waals surface area (Å²) in [5, 5.41) is 0. The van der Waals surface area contributed by atoms with E-state index in [9.17, 15) is 0 Å². The average Bonchev–Trinajstić information content (AvgIpc) is 3.14. The van der Waals surface area contributed by atoms with Crippen molar-refractivity contribution >= 4 is 0 Å². The van der Waals surface area contributed by atoms with Gasteiger partial charge in [-0.25, -0.2) is 0 Å². The molecule has 1 saturated heterocycles. The minimum absolute atomic E-state index is 0.281. The molecule has 1 aliphatic heterocycles. The molecule has 0 aromatic heterocycles. The predicted molar refractivity (Wildman–Crippen MR) is 94.3 cm³/mol. The van der Waals surface area contributed by atoms with Crippen LogP contribution in [0.5, 0.6) is 0 Å². The zero-order chi connectivity index (χ0) is 16.6. The molecule has 0 aromatic rings. The van der Waals surface area contributed by atoms with Gasteiger partial charge in [-0.15, -0.1) is 0 Å². The van der Waals surface area contributed by atoms with Crippen molar-refractivity contribution in [2.75, 3.05) is 13.2 Å². The maximum absolute atomic E-state index is 6.54. The molecule has 1 heterocycles. The maximum Gasteiger partial charge on any atom is 0.172 e. The Morgan fingerprint density at radius 2 is 1.79 bits per heavy atom. The van der Waals surface area contributed by atoms with Gasteiger partial charge in [0.05, 0.1) is 13.2 Å². The smallest absolute Gasteiger partial charge is 0.172 e. The monoisotopic (exact) mass is 331 g/mol. The lowest BCUT2D eigenvalue weighted by atomic mass is 9.47. The van der Waals surface area contributed by atoms with Crippen LogP contribution in [0.2, 0.25) is 0 Å². The third-order valence-electron chi connectivity index (χ3n) is 9.00. The third kappa shape index (κ3) is 1.95. The minimum Gasteiger partial charge on any atom is -0.347 e. The molecule has 4 aliphatic carbocycles. The first kappa shape index (κ1) is 15.8. The molecule has 3 heteroatoms. The number of rotatable bonds is 0. The van der Waals surface area contributed by atoms with Crippen molar-refractivity contribution in [2.45, 2.75) is 77.0 Å². The summed E-state index contributed by atoms with van der Waals surface area (Å²) < 4.78 is 12.1. The molecule has 5 aliphatic rings. The molecular formula is C21H33NO2. The number of nitrogens with two attached hydrogens (primary N) is 1. The van der Waals surface area contributed by atoms with Gasteiger partial charge in [-0.1, -0.05) is 25.5 Å². The summed E-state index contributed by atoms with van der Waals surface area (Å²) in [4.78, 5) is 0. The summed E-state index contributed by atoms with van der Waals surface area (Å²) in [5.41, 5.74) is 8.95. The van der Waals surface area contributed by atoms with E-state index in [-0.39, 0.29) is 5.79 Å². The summed E-state index contributed by atoms with van der Waals surface area (Å²) >= 11 is 0. The molecule has 1 spiro atoms. The van der Waals surface area contributed by atoms with E-state index in [0.29, 0.717) is 16.9 Å². The van der Waals surface area contributed by atoms with Crippen molar-refractivity contribution in [1.29, 1.82) is 0 Å². The first-order valence-electron chi connectivity index (χ1n) is 10.2. The van der Waals surface area contributed by atoms with E-state index in [1.807, 2.05) is 0 Å². The highest BCUT2D eigenvalue weighted by molar-refractivity contribution is 5.26. The second kappa shape index (κ2) is 5.08. The van der Waals surface area contributed by atoms with Gasteiger partial charge in [-0.2, -0.15) is 0 Å². The second-order valence-corrected chi connectivity index (χ2v) is 9.77. The fourth-order valence-electron chi connectivity index (χ4n) is 7.39. The number of hydrogen-bond donors (Lipinski definition) is 1. The first-order valence-corrected chi connectivity index (χ1v) is 10.2. The summed E-state index contributed by atoms with van der Waals surface area (Å²) in [6.07, 6.45) is 12.5. The Morgan fingerprint density at radius 3 is 2.58 bits per heavy atom. The van der Waals surface area contributed by atoms with Gasteiger partial charge in [0.25, 0.3) is 0 Å². The summed E-state index contributed by atoms with van der Waals surface area (Å²) in [6, 6.07) is 0.427. The van der Waals surface area contributed by atoms with Gasteiger partial charge in [0.1, 0.15) is 0 Å². The SMILES string of the molecule is CC12CCC3(CC1=CCC1C2CCC2(C)C(N)CCC12)OCCO3. The Bertz CT molecular complexity index is 566. The number of hydrogen-bond acceptors (Lipinski definition) is 3. The van der Waals surface area contributed by atoms with Gasteiger partial charge < -0.3 is 15.2 Å². The van der Waals surface area contributed by atoms with Crippen molar-refractivity contribution in [1.82, 2.24) is 0 Å². The largest absolute Gasteiger partial charge is 0.347 e. The number of ether oxygens (including phenoxy) is 2. The predicted octanol–water partition coefficient (Wildman–Crippen LogP) is 4.02. The molecular weight excluding hydrogens is 298 g/mol. The highest BCUT2D eigenvalue weighted by atomic mass is 16.7.